The molecule has 4 heteroatoms. The van der Waals surface area contributed by atoms with Crippen LogP contribution in [0, 0.1) is 5.92 Å². The van der Waals surface area contributed by atoms with E-state index in [0.717, 1.165) is 17.8 Å². The molecule has 0 radical (unpaired) electrons. The van der Waals surface area contributed by atoms with Gasteiger partial charge in [0.05, 0.1) is 5.92 Å². The SMILES string of the molecule is CC(CNc1ccc(CC2CC(=O)NC2=O)cc1)c1ccccc1. The fourth-order valence-electron chi connectivity index (χ4n) is 2.99. The number of benzene rings is 2. The van der Waals surface area contributed by atoms with Gasteiger partial charge in [-0.2, -0.15) is 0 Å². The first kappa shape index (κ1) is 16.2. The Hall–Kier alpha value is -2.62. The molecule has 2 atom stereocenters. The van der Waals surface area contributed by atoms with Crippen LogP contribution in [0.5, 0.6) is 0 Å². The summed E-state index contributed by atoms with van der Waals surface area (Å²) >= 11 is 0. The molecule has 0 spiro atoms. The van der Waals surface area contributed by atoms with Gasteiger partial charge in [-0.15, -0.1) is 0 Å². The highest BCUT2D eigenvalue weighted by Crippen LogP contribution is 2.20. The summed E-state index contributed by atoms with van der Waals surface area (Å²) in [5.41, 5.74) is 3.46. The minimum absolute atomic E-state index is 0.154. The summed E-state index contributed by atoms with van der Waals surface area (Å²) in [5, 5.41) is 5.80. The van der Waals surface area contributed by atoms with Crippen LogP contribution in [0.1, 0.15) is 30.4 Å². The molecule has 1 saturated heterocycles. The van der Waals surface area contributed by atoms with Gasteiger partial charge < -0.3 is 5.32 Å². The average Bonchev–Trinajstić information content (AvgIpc) is 2.92. The van der Waals surface area contributed by atoms with Crippen molar-refractivity contribution in [2.45, 2.75) is 25.7 Å². The van der Waals surface area contributed by atoms with E-state index in [2.05, 4.69) is 41.8 Å². The molecule has 0 aliphatic carbocycles. The minimum atomic E-state index is -0.227. The monoisotopic (exact) mass is 322 g/mol. The smallest absolute Gasteiger partial charge is 0.230 e. The van der Waals surface area contributed by atoms with Crippen molar-refractivity contribution < 1.29 is 9.59 Å². The average molecular weight is 322 g/mol. The van der Waals surface area contributed by atoms with E-state index in [4.69, 9.17) is 0 Å². The number of carbonyl (C=O) groups excluding carboxylic acids is 2. The quantitative estimate of drug-likeness (QED) is 0.804. The number of hydrogen-bond donors (Lipinski definition) is 2. The lowest BCUT2D eigenvalue weighted by molar-refractivity contribution is -0.125. The van der Waals surface area contributed by atoms with Gasteiger partial charge in [0, 0.05) is 18.7 Å². The van der Waals surface area contributed by atoms with Crippen LogP contribution in [0.3, 0.4) is 0 Å². The predicted octanol–water partition coefficient (Wildman–Crippen LogP) is 3.11. The molecule has 1 aliphatic rings. The molecule has 2 aromatic carbocycles. The zero-order valence-electron chi connectivity index (χ0n) is 13.8. The molecule has 1 fully saturated rings. The first-order chi connectivity index (χ1) is 11.6. The summed E-state index contributed by atoms with van der Waals surface area (Å²) in [7, 11) is 0. The number of imide groups is 1. The molecule has 124 valence electrons. The van der Waals surface area contributed by atoms with E-state index >= 15 is 0 Å². The Kier molecular flexibility index (Phi) is 4.94. The first-order valence-electron chi connectivity index (χ1n) is 8.33. The van der Waals surface area contributed by atoms with E-state index in [1.165, 1.54) is 5.56 Å². The second-order valence-corrected chi connectivity index (χ2v) is 6.41. The third kappa shape index (κ3) is 4.02. The van der Waals surface area contributed by atoms with Crippen LogP contribution < -0.4 is 10.6 Å². The van der Waals surface area contributed by atoms with Crippen molar-refractivity contribution in [1.29, 1.82) is 0 Å². The molecule has 0 saturated carbocycles. The molecule has 4 nitrogen and oxygen atoms in total. The first-order valence-corrected chi connectivity index (χ1v) is 8.33. The highest BCUT2D eigenvalue weighted by atomic mass is 16.2. The van der Waals surface area contributed by atoms with Crippen LogP contribution in [-0.4, -0.2) is 18.4 Å². The van der Waals surface area contributed by atoms with Crippen molar-refractivity contribution in [3.05, 3.63) is 65.7 Å². The highest BCUT2D eigenvalue weighted by molar-refractivity contribution is 6.03. The summed E-state index contributed by atoms with van der Waals surface area (Å²) in [6.45, 7) is 3.06. The number of hydrogen-bond acceptors (Lipinski definition) is 3. The van der Waals surface area contributed by atoms with Crippen molar-refractivity contribution in [3.63, 3.8) is 0 Å². The standard InChI is InChI=1S/C20H22N2O2/c1-14(16-5-3-2-4-6-16)13-21-18-9-7-15(8-10-18)11-17-12-19(23)22-20(17)24/h2-10,14,17,21H,11-13H2,1H3,(H,22,23,24). The Bertz CT molecular complexity index is 710. The molecule has 2 aromatic rings. The fraction of sp³-hybridized carbons (Fsp3) is 0.300. The van der Waals surface area contributed by atoms with E-state index in [1.54, 1.807) is 0 Å². The van der Waals surface area contributed by atoms with Crippen LogP contribution in [0.2, 0.25) is 0 Å². The van der Waals surface area contributed by atoms with Crippen molar-refractivity contribution in [2.75, 3.05) is 11.9 Å². The van der Waals surface area contributed by atoms with Crippen molar-refractivity contribution >= 4 is 17.5 Å². The number of carbonyl (C=O) groups is 2. The molecule has 1 aliphatic heterocycles. The van der Waals surface area contributed by atoms with E-state index in [9.17, 15) is 9.59 Å². The molecular weight excluding hydrogens is 300 g/mol. The van der Waals surface area contributed by atoms with Crippen LogP contribution in [-0.2, 0) is 16.0 Å². The van der Waals surface area contributed by atoms with Crippen LogP contribution in [0.15, 0.2) is 54.6 Å². The number of anilines is 1. The Morgan fingerprint density at radius 2 is 1.79 bits per heavy atom. The van der Waals surface area contributed by atoms with Gasteiger partial charge in [0.1, 0.15) is 0 Å². The van der Waals surface area contributed by atoms with Crippen LogP contribution in [0.4, 0.5) is 5.69 Å². The molecule has 2 N–H and O–H groups in total. The molecule has 2 unspecified atom stereocenters. The lowest BCUT2D eigenvalue weighted by Crippen LogP contribution is -2.22. The highest BCUT2D eigenvalue weighted by Gasteiger charge is 2.30. The molecule has 0 bridgehead atoms. The third-order valence-electron chi connectivity index (χ3n) is 4.48. The Balaban J connectivity index is 1.53. The van der Waals surface area contributed by atoms with E-state index in [0.29, 0.717) is 18.8 Å². The maximum atomic E-state index is 11.6. The van der Waals surface area contributed by atoms with Crippen LogP contribution >= 0.6 is 0 Å². The second kappa shape index (κ2) is 7.30. The van der Waals surface area contributed by atoms with Gasteiger partial charge in [0.2, 0.25) is 11.8 Å². The summed E-state index contributed by atoms with van der Waals surface area (Å²) in [5.74, 6) is -0.120. The molecular formula is C20H22N2O2. The zero-order chi connectivity index (χ0) is 16.9. The van der Waals surface area contributed by atoms with Crippen molar-refractivity contribution in [3.8, 4) is 0 Å². The van der Waals surface area contributed by atoms with E-state index in [-0.39, 0.29) is 17.7 Å². The molecule has 1 heterocycles. The number of nitrogens with one attached hydrogen (secondary N) is 2. The number of rotatable bonds is 6. The van der Waals surface area contributed by atoms with Gasteiger partial charge in [-0.25, -0.2) is 0 Å². The van der Waals surface area contributed by atoms with Gasteiger partial charge in [0.15, 0.2) is 0 Å². The molecule has 0 aromatic heterocycles. The normalized spacial score (nSPS) is 18.3. The zero-order valence-corrected chi connectivity index (χ0v) is 13.8. The largest absolute Gasteiger partial charge is 0.384 e. The van der Waals surface area contributed by atoms with Crippen molar-refractivity contribution in [2.24, 2.45) is 5.92 Å². The van der Waals surface area contributed by atoms with Gasteiger partial charge in [-0.05, 0) is 35.6 Å². The Morgan fingerprint density at radius 3 is 2.42 bits per heavy atom. The maximum Gasteiger partial charge on any atom is 0.230 e. The second-order valence-electron chi connectivity index (χ2n) is 6.41. The number of amides is 2. The van der Waals surface area contributed by atoms with Crippen LogP contribution in [0.25, 0.3) is 0 Å². The summed E-state index contributed by atoms with van der Waals surface area (Å²) < 4.78 is 0. The fourth-order valence-corrected chi connectivity index (χ4v) is 2.99. The van der Waals surface area contributed by atoms with Gasteiger partial charge in [0.25, 0.3) is 0 Å². The third-order valence-corrected chi connectivity index (χ3v) is 4.48. The summed E-state index contributed by atoms with van der Waals surface area (Å²) in [6.07, 6.45) is 0.908. The summed E-state index contributed by atoms with van der Waals surface area (Å²) in [6, 6.07) is 18.5. The molecule has 24 heavy (non-hydrogen) atoms. The summed E-state index contributed by atoms with van der Waals surface area (Å²) in [4.78, 5) is 22.9. The Labute approximate surface area is 142 Å². The maximum absolute atomic E-state index is 11.6. The van der Waals surface area contributed by atoms with Gasteiger partial charge >= 0.3 is 0 Å². The minimum Gasteiger partial charge on any atom is -0.384 e. The van der Waals surface area contributed by atoms with E-state index < -0.39 is 0 Å². The Morgan fingerprint density at radius 1 is 1.08 bits per heavy atom. The molecule has 2 amide bonds. The topological polar surface area (TPSA) is 58.2 Å². The lowest BCUT2D eigenvalue weighted by atomic mass is 9.97. The molecule has 3 rings (SSSR count). The predicted molar refractivity (Wildman–Crippen MR) is 94.7 cm³/mol. The van der Waals surface area contributed by atoms with Gasteiger partial charge in [-0.3, -0.25) is 14.9 Å². The lowest BCUT2D eigenvalue weighted by Gasteiger charge is -2.14. The van der Waals surface area contributed by atoms with Gasteiger partial charge in [-0.1, -0.05) is 49.4 Å². The van der Waals surface area contributed by atoms with E-state index in [1.807, 2.05) is 30.3 Å². The van der Waals surface area contributed by atoms with Crippen molar-refractivity contribution in [1.82, 2.24) is 5.32 Å².